The molecular formula is C7H10BrIO2. The Bertz CT molecular complexity index is 157. The lowest BCUT2D eigenvalue weighted by atomic mass is 10.3. The number of hydrogen-bond donors (Lipinski definition) is 0. The van der Waals surface area contributed by atoms with E-state index in [-0.39, 0.29) is 5.97 Å². The average molecular weight is 333 g/mol. The van der Waals surface area contributed by atoms with Gasteiger partial charge in [0.2, 0.25) is 0 Å². The summed E-state index contributed by atoms with van der Waals surface area (Å²) in [5.74, 6) is -0.206. The second kappa shape index (κ2) is 7.09. The zero-order valence-electron chi connectivity index (χ0n) is 6.27. The molecule has 4 heteroatoms. The highest BCUT2D eigenvalue weighted by molar-refractivity contribution is 14.1. The maximum Gasteiger partial charge on any atom is 0.302 e. The van der Waals surface area contributed by atoms with E-state index in [9.17, 15) is 4.79 Å². The minimum Gasteiger partial charge on any atom is -0.466 e. The predicted octanol–water partition coefficient (Wildman–Crippen LogP) is 3.00. The van der Waals surface area contributed by atoms with Gasteiger partial charge in [0.25, 0.3) is 0 Å². The van der Waals surface area contributed by atoms with Crippen molar-refractivity contribution < 1.29 is 9.53 Å². The summed E-state index contributed by atoms with van der Waals surface area (Å²) in [6, 6.07) is 0. The summed E-state index contributed by atoms with van der Waals surface area (Å²) < 4.78 is 5.98. The Morgan fingerprint density at radius 2 is 2.36 bits per heavy atom. The smallest absolute Gasteiger partial charge is 0.302 e. The number of hydrogen-bond acceptors (Lipinski definition) is 2. The summed E-state index contributed by atoms with van der Waals surface area (Å²) in [6.07, 6.45) is 1.85. The summed E-state index contributed by atoms with van der Waals surface area (Å²) >= 11 is 5.45. The number of halogens is 2. The van der Waals surface area contributed by atoms with Gasteiger partial charge < -0.3 is 4.74 Å². The summed E-state index contributed by atoms with van der Waals surface area (Å²) in [6.45, 7) is 1.94. The highest BCUT2D eigenvalue weighted by Gasteiger charge is 1.94. The van der Waals surface area contributed by atoms with Crippen LogP contribution in [0.5, 0.6) is 0 Å². The molecule has 0 aromatic carbocycles. The molecule has 0 aliphatic heterocycles. The topological polar surface area (TPSA) is 26.3 Å². The van der Waals surface area contributed by atoms with Crippen molar-refractivity contribution in [3.8, 4) is 0 Å². The third kappa shape index (κ3) is 8.33. The molecule has 0 atom stereocenters. The zero-order chi connectivity index (χ0) is 8.69. The Morgan fingerprint density at radius 1 is 1.73 bits per heavy atom. The second-order valence-corrected chi connectivity index (χ2v) is 3.84. The normalized spacial score (nSPS) is 11.4. The van der Waals surface area contributed by atoms with Gasteiger partial charge in [-0.25, -0.2) is 0 Å². The monoisotopic (exact) mass is 332 g/mol. The van der Waals surface area contributed by atoms with Gasteiger partial charge in [-0.3, -0.25) is 4.79 Å². The lowest BCUT2D eigenvalue weighted by Crippen LogP contribution is -1.99. The van der Waals surface area contributed by atoms with Crippen molar-refractivity contribution in [3.05, 3.63) is 8.57 Å². The van der Waals surface area contributed by atoms with Crippen LogP contribution in [-0.4, -0.2) is 12.6 Å². The van der Waals surface area contributed by atoms with Crippen LogP contribution in [0.1, 0.15) is 19.8 Å². The van der Waals surface area contributed by atoms with Gasteiger partial charge in [-0.2, -0.15) is 0 Å². The fourth-order valence-corrected chi connectivity index (χ4v) is 1.12. The van der Waals surface area contributed by atoms with Crippen LogP contribution in [0.15, 0.2) is 8.57 Å². The molecule has 0 fully saturated rings. The van der Waals surface area contributed by atoms with E-state index < -0.39 is 0 Å². The van der Waals surface area contributed by atoms with Crippen LogP contribution in [0.2, 0.25) is 0 Å². The van der Waals surface area contributed by atoms with Crippen LogP contribution in [0.3, 0.4) is 0 Å². The molecule has 0 N–H and O–H groups in total. The molecule has 0 saturated carbocycles. The van der Waals surface area contributed by atoms with Crippen LogP contribution in [-0.2, 0) is 9.53 Å². The maximum atomic E-state index is 10.3. The van der Waals surface area contributed by atoms with E-state index in [1.165, 1.54) is 10.5 Å². The van der Waals surface area contributed by atoms with Crippen molar-refractivity contribution >= 4 is 44.5 Å². The first-order chi connectivity index (χ1) is 5.16. The van der Waals surface area contributed by atoms with Crippen LogP contribution < -0.4 is 0 Å². The van der Waals surface area contributed by atoms with E-state index in [4.69, 9.17) is 4.74 Å². The lowest BCUT2D eigenvalue weighted by Gasteiger charge is -1.99. The van der Waals surface area contributed by atoms with Crippen LogP contribution in [0.4, 0.5) is 0 Å². The number of allylic oxidation sites excluding steroid dienone is 1. The molecule has 0 saturated heterocycles. The van der Waals surface area contributed by atoms with Crippen molar-refractivity contribution in [2.75, 3.05) is 6.61 Å². The molecule has 0 amide bonds. The predicted molar refractivity (Wildman–Crippen MR) is 56.9 cm³/mol. The Kier molecular flexibility index (Phi) is 7.36. The van der Waals surface area contributed by atoms with E-state index >= 15 is 0 Å². The lowest BCUT2D eigenvalue weighted by molar-refractivity contribution is -0.141. The number of carbonyl (C=O) groups is 1. The second-order valence-electron chi connectivity index (χ2n) is 2.00. The van der Waals surface area contributed by atoms with Gasteiger partial charge in [0.1, 0.15) is 0 Å². The molecule has 0 bridgehead atoms. The van der Waals surface area contributed by atoms with E-state index in [1.54, 1.807) is 0 Å². The molecule has 0 rings (SSSR count). The van der Waals surface area contributed by atoms with Crippen molar-refractivity contribution in [2.45, 2.75) is 19.8 Å². The molecular weight excluding hydrogens is 323 g/mol. The van der Waals surface area contributed by atoms with Gasteiger partial charge in [-0.15, -0.1) is 0 Å². The first-order valence-electron chi connectivity index (χ1n) is 3.25. The van der Waals surface area contributed by atoms with E-state index in [0.717, 1.165) is 12.8 Å². The molecule has 0 aromatic rings. The third-order valence-corrected chi connectivity index (χ3v) is 3.24. The molecule has 11 heavy (non-hydrogen) atoms. The Labute approximate surface area is 88.6 Å². The van der Waals surface area contributed by atoms with Gasteiger partial charge in [-0.05, 0) is 44.0 Å². The Balaban J connectivity index is 3.21. The third-order valence-electron chi connectivity index (χ3n) is 0.984. The molecule has 2 nitrogen and oxygen atoms in total. The molecule has 0 aliphatic carbocycles. The first-order valence-corrected chi connectivity index (χ1v) is 5.24. The molecule has 0 aliphatic rings. The highest BCUT2D eigenvalue weighted by Crippen LogP contribution is 2.14. The number of carbonyl (C=O) groups excluding carboxylic acids is 1. The van der Waals surface area contributed by atoms with Crippen molar-refractivity contribution in [1.29, 1.82) is 0 Å². The summed E-state index contributed by atoms with van der Waals surface area (Å²) in [5.41, 5.74) is 0. The van der Waals surface area contributed by atoms with E-state index in [1.807, 2.05) is 4.99 Å². The summed E-state index contributed by atoms with van der Waals surface area (Å²) in [7, 11) is 0. The van der Waals surface area contributed by atoms with Crippen molar-refractivity contribution in [2.24, 2.45) is 0 Å². The van der Waals surface area contributed by atoms with Gasteiger partial charge >= 0.3 is 5.97 Å². The molecule has 0 radical (unpaired) electrons. The largest absolute Gasteiger partial charge is 0.466 e. The van der Waals surface area contributed by atoms with Gasteiger partial charge in [-0.1, -0.05) is 15.9 Å². The van der Waals surface area contributed by atoms with Crippen molar-refractivity contribution in [3.63, 3.8) is 0 Å². The summed E-state index contributed by atoms with van der Waals surface area (Å²) in [4.78, 5) is 12.2. The Hall–Kier alpha value is 0.420. The van der Waals surface area contributed by atoms with Crippen LogP contribution in [0.25, 0.3) is 0 Å². The Morgan fingerprint density at radius 3 is 2.82 bits per heavy atom. The maximum absolute atomic E-state index is 10.3. The SMILES string of the molecule is CC(=O)OCCC/C(I)=C/Br. The molecule has 0 heterocycles. The number of ether oxygens (including phenoxy) is 1. The molecule has 64 valence electrons. The number of esters is 1. The highest BCUT2D eigenvalue weighted by atomic mass is 127. The minimum absolute atomic E-state index is 0.206. The van der Waals surface area contributed by atoms with Crippen molar-refractivity contribution in [1.82, 2.24) is 0 Å². The fourth-order valence-electron chi connectivity index (χ4n) is 0.511. The fraction of sp³-hybridized carbons (Fsp3) is 0.571. The van der Waals surface area contributed by atoms with E-state index in [0.29, 0.717) is 6.61 Å². The average Bonchev–Trinajstić information content (AvgIpc) is 1.97. The van der Waals surface area contributed by atoms with Gasteiger partial charge in [0.15, 0.2) is 0 Å². The number of rotatable bonds is 4. The van der Waals surface area contributed by atoms with Gasteiger partial charge in [0.05, 0.1) is 6.61 Å². The molecule has 0 unspecified atom stereocenters. The first kappa shape index (κ1) is 11.4. The molecule has 0 aromatic heterocycles. The van der Waals surface area contributed by atoms with Crippen LogP contribution >= 0.6 is 38.5 Å². The van der Waals surface area contributed by atoms with Crippen LogP contribution in [0, 0.1) is 0 Å². The summed E-state index contributed by atoms with van der Waals surface area (Å²) in [5, 5.41) is 0. The standard InChI is InChI=1S/C7H10BrIO2/c1-6(10)11-4-2-3-7(9)5-8/h5H,2-4H2,1H3/b7-5-. The van der Waals surface area contributed by atoms with Gasteiger partial charge in [0, 0.05) is 6.92 Å². The minimum atomic E-state index is -0.206. The van der Waals surface area contributed by atoms with E-state index in [2.05, 4.69) is 38.5 Å². The quantitative estimate of drug-likeness (QED) is 0.449. The molecule has 0 spiro atoms. The zero-order valence-corrected chi connectivity index (χ0v) is 10.0.